The van der Waals surface area contributed by atoms with Gasteiger partial charge >= 0.3 is 0 Å². The van der Waals surface area contributed by atoms with Gasteiger partial charge in [-0.2, -0.15) is 5.10 Å². The van der Waals surface area contributed by atoms with E-state index in [2.05, 4.69) is 57.0 Å². The van der Waals surface area contributed by atoms with E-state index in [4.69, 9.17) is 0 Å². The van der Waals surface area contributed by atoms with Gasteiger partial charge in [0.05, 0.1) is 23.8 Å². The molecule has 0 radical (unpaired) electrons. The first kappa shape index (κ1) is 12.8. The fraction of sp³-hybridized carbons (Fsp3) is 0.214. The lowest BCUT2D eigenvalue weighted by Gasteiger charge is -2.13. The number of rotatable bonds is 5. The highest BCUT2D eigenvalue weighted by molar-refractivity contribution is 7.07. The van der Waals surface area contributed by atoms with Crippen LogP contribution < -0.4 is 5.32 Å². The van der Waals surface area contributed by atoms with Crippen molar-refractivity contribution in [3.8, 4) is 0 Å². The molecule has 1 atom stereocenters. The highest BCUT2D eigenvalue weighted by atomic mass is 32.1. The van der Waals surface area contributed by atoms with Crippen molar-refractivity contribution in [3.63, 3.8) is 0 Å². The van der Waals surface area contributed by atoms with Gasteiger partial charge in [-0.15, -0.1) is 11.3 Å². The minimum atomic E-state index is 0.211. The lowest BCUT2D eigenvalue weighted by atomic mass is 10.2. The molecule has 2 aromatic heterocycles. The SMILES string of the molecule is CC(Nc1ccc(Cn2cncn2)cc1)c1cscn1. The predicted molar refractivity (Wildman–Crippen MR) is 79.7 cm³/mol. The zero-order valence-corrected chi connectivity index (χ0v) is 11.9. The topological polar surface area (TPSA) is 55.6 Å². The Labute approximate surface area is 121 Å². The van der Waals surface area contributed by atoms with Gasteiger partial charge in [-0.3, -0.25) is 0 Å². The van der Waals surface area contributed by atoms with Gasteiger partial charge in [0.2, 0.25) is 0 Å². The van der Waals surface area contributed by atoms with Crippen molar-refractivity contribution in [1.82, 2.24) is 19.7 Å². The highest BCUT2D eigenvalue weighted by Gasteiger charge is 2.06. The van der Waals surface area contributed by atoms with Gasteiger partial charge in [-0.25, -0.2) is 14.6 Å². The number of benzene rings is 1. The molecule has 20 heavy (non-hydrogen) atoms. The monoisotopic (exact) mass is 285 g/mol. The van der Waals surface area contributed by atoms with E-state index in [1.165, 1.54) is 5.56 Å². The maximum absolute atomic E-state index is 4.32. The number of nitrogens with zero attached hydrogens (tertiary/aromatic N) is 4. The van der Waals surface area contributed by atoms with Gasteiger partial charge < -0.3 is 5.32 Å². The smallest absolute Gasteiger partial charge is 0.137 e. The predicted octanol–water partition coefficient (Wildman–Crippen LogP) is 2.96. The van der Waals surface area contributed by atoms with Crippen molar-refractivity contribution >= 4 is 17.0 Å². The van der Waals surface area contributed by atoms with Crippen LogP contribution in [-0.2, 0) is 6.54 Å². The van der Waals surface area contributed by atoms with Crippen LogP contribution in [0.1, 0.15) is 24.2 Å². The number of anilines is 1. The molecule has 0 amide bonds. The van der Waals surface area contributed by atoms with Gasteiger partial charge in [0.15, 0.2) is 0 Å². The average Bonchev–Trinajstić information content (AvgIpc) is 3.13. The Hall–Kier alpha value is -2.21. The molecule has 2 heterocycles. The molecule has 3 aromatic rings. The van der Waals surface area contributed by atoms with Gasteiger partial charge in [0, 0.05) is 11.1 Å². The quantitative estimate of drug-likeness (QED) is 0.783. The third kappa shape index (κ3) is 3.03. The molecule has 1 N–H and O–H groups in total. The molecule has 102 valence electrons. The van der Waals surface area contributed by atoms with Crippen molar-refractivity contribution in [3.05, 3.63) is 59.1 Å². The van der Waals surface area contributed by atoms with Crippen LogP contribution >= 0.6 is 11.3 Å². The lowest BCUT2D eigenvalue weighted by Crippen LogP contribution is -2.07. The van der Waals surface area contributed by atoms with Crippen LogP contribution in [-0.4, -0.2) is 19.7 Å². The summed E-state index contributed by atoms with van der Waals surface area (Å²) in [5.41, 5.74) is 5.21. The minimum Gasteiger partial charge on any atom is -0.377 e. The van der Waals surface area contributed by atoms with E-state index in [0.717, 1.165) is 17.9 Å². The second kappa shape index (κ2) is 5.83. The van der Waals surface area contributed by atoms with Crippen molar-refractivity contribution in [2.24, 2.45) is 0 Å². The van der Waals surface area contributed by atoms with E-state index in [1.807, 2.05) is 5.51 Å². The fourth-order valence-corrected chi connectivity index (χ4v) is 2.62. The van der Waals surface area contributed by atoms with Crippen LogP contribution in [0.5, 0.6) is 0 Å². The molecule has 1 aromatic carbocycles. The molecule has 0 fully saturated rings. The second-order valence-electron chi connectivity index (χ2n) is 4.57. The normalized spacial score (nSPS) is 12.2. The van der Waals surface area contributed by atoms with Crippen LogP contribution in [0.2, 0.25) is 0 Å². The summed E-state index contributed by atoms with van der Waals surface area (Å²) in [5, 5.41) is 9.60. The van der Waals surface area contributed by atoms with Crippen molar-refractivity contribution in [1.29, 1.82) is 0 Å². The Morgan fingerprint density at radius 2 is 2.15 bits per heavy atom. The fourth-order valence-electron chi connectivity index (χ4n) is 1.97. The Balaban J connectivity index is 1.64. The number of hydrogen-bond donors (Lipinski definition) is 1. The van der Waals surface area contributed by atoms with Crippen LogP contribution in [0, 0.1) is 0 Å². The first-order valence-electron chi connectivity index (χ1n) is 6.37. The average molecular weight is 285 g/mol. The first-order chi connectivity index (χ1) is 9.81. The summed E-state index contributed by atoms with van der Waals surface area (Å²) in [5.74, 6) is 0. The van der Waals surface area contributed by atoms with Crippen molar-refractivity contribution in [2.45, 2.75) is 19.5 Å². The van der Waals surface area contributed by atoms with E-state index in [-0.39, 0.29) is 6.04 Å². The molecule has 0 aliphatic rings. The molecule has 1 unspecified atom stereocenters. The number of thiazole rings is 1. The third-order valence-electron chi connectivity index (χ3n) is 3.04. The Morgan fingerprint density at radius 1 is 1.30 bits per heavy atom. The Bertz CT molecular complexity index is 631. The molecular formula is C14H15N5S. The molecule has 0 saturated carbocycles. The molecule has 3 rings (SSSR count). The second-order valence-corrected chi connectivity index (χ2v) is 5.29. The summed E-state index contributed by atoms with van der Waals surface area (Å²) in [6, 6.07) is 8.56. The van der Waals surface area contributed by atoms with E-state index >= 15 is 0 Å². The first-order valence-corrected chi connectivity index (χ1v) is 7.31. The summed E-state index contributed by atoms with van der Waals surface area (Å²) in [4.78, 5) is 8.25. The van der Waals surface area contributed by atoms with Crippen molar-refractivity contribution < 1.29 is 0 Å². The van der Waals surface area contributed by atoms with Crippen LogP contribution in [0.25, 0.3) is 0 Å². The molecule has 0 aliphatic heterocycles. The van der Waals surface area contributed by atoms with Crippen LogP contribution in [0.3, 0.4) is 0 Å². The number of nitrogens with one attached hydrogen (secondary N) is 1. The lowest BCUT2D eigenvalue weighted by molar-refractivity contribution is 0.685. The zero-order chi connectivity index (χ0) is 13.8. The molecule has 0 aliphatic carbocycles. The van der Waals surface area contributed by atoms with Gasteiger partial charge in [0.1, 0.15) is 12.7 Å². The van der Waals surface area contributed by atoms with Crippen LogP contribution in [0.4, 0.5) is 5.69 Å². The van der Waals surface area contributed by atoms with Crippen LogP contribution in [0.15, 0.2) is 47.8 Å². The highest BCUT2D eigenvalue weighted by Crippen LogP contribution is 2.19. The summed E-state index contributed by atoms with van der Waals surface area (Å²) < 4.78 is 1.81. The number of aromatic nitrogens is 4. The van der Waals surface area contributed by atoms with Gasteiger partial charge in [0.25, 0.3) is 0 Å². The van der Waals surface area contributed by atoms with E-state index in [1.54, 1.807) is 28.7 Å². The Morgan fingerprint density at radius 3 is 2.80 bits per heavy atom. The molecule has 0 spiro atoms. The standard InChI is InChI=1S/C14H15N5S/c1-11(14-7-20-10-16-14)18-13-4-2-12(3-5-13)6-19-9-15-8-17-19/h2-5,7-11,18H,6H2,1H3. The number of hydrogen-bond acceptors (Lipinski definition) is 5. The summed E-state index contributed by atoms with van der Waals surface area (Å²) in [6.07, 6.45) is 3.27. The summed E-state index contributed by atoms with van der Waals surface area (Å²) in [6.45, 7) is 2.85. The molecule has 5 nitrogen and oxygen atoms in total. The van der Waals surface area contributed by atoms with E-state index in [9.17, 15) is 0 Å². The largest absolute Gasteiger partial charge is 0.377 e. The maximum atomic E-state index is 4.32. The molecule has 6 heteroatoms. The summed E-state index contributed by atoms with van der Waals surface area (Å²) >= 11 is 1.62. The van der Waals surface area contributed by atoms with E-state index in [0.29, 0.717) is 0 Å². The Kier molecular flexibility index (Phi) is 3.73. The maximum Gasteiger partial charge on any atom is 0.137 e. The minimum absolute atomic E-state index is 0.211. The van der Waals surface area contributed by atoms with E-state index < -0.39 is 0 Å². The summed E-state index contributed by atoms with van der Waals surface area (Å²) in [7, 11) is 0. The molecular weight excluding hydrogens is 270 g/mol. The molecule has 0 bridgehead atoms. The zero-order valence-electron chi connectivity index (χ0n) is 11.1. The van der Waals surface area contributed by atoms with Gasteiger partial charge in [-0.05, 0) is 24.6 Å². The third-order valence-corrected chi connectivity index (χ3v) is 3.65. The van der Waals surface area contributed by atoms with Gasteiger partial charge in [-0.1, -0.05) is 12.1 Å². The molecule has 0 saturated heterocycles. The van der Waals surface area contributed by atoms with Crippen molar-refractivity contribution in [2.75, 3.05) is 5.32 Å².